The molecule has 2 aliphatic rings. The SMILES string of the molecule is Cc1cc(=O)oc2c3c(ccc12)OCc1c(ccc2c1C(=O)c1ccccc1C2=O)C3. The second kappa shape index (κ2) is 6.25. The van der Waals surface area contributed by atoms with E-state index in [2.05, 4.69) is 0 Å². The number of fused-ring (bicyclic) bond motifs is 7. The van der Waals surface area contributed by atoms with Crippen molar-refractivity contribution in [1.29, 1.82) is 0 Å². The highest BCUT2D eigenvalue weighted by Crippen LogP contribution is 2.38. The van der Waals surface area contributed by atoms with Crippen molar-refractivity contribution < 1.29 is 18.7 Å². The summed E-state index contributed by atoms with van der Waals surface area (Å²) in [5.41, 5.74) is 4.96. The van der Waals surface area contributed by atoms with Gasteiger partial charge in [-0.15, -0.1) is 0 Å². The Bertz CT molecular complexity index is 1520. The Morgan fingerprint density at radius 3 is 2.39 bits per heavy atom. The first-order valence-electron chi connectivity index (χ1n) is 10.1. The fourth-order valence-corrected chi connectivity index (χ4v) is 4.69. The fraction of sp³-hybridized carbons (Fsp3) is 0.115. The third-order valence-corrected chi connectivity index (χ3v) is 6.22. The number of hydrogen-bond acceptors (Lipinski definition) is 5. The average Bonchev–Trinajstić information content (AvgIpc) is 2.96. The van der Waals surface area contributed by atoms with Crippen LogP contribution in [-0.4, -0.2) is 11.6 Å². The lowest BCUT2D eigenvalue weighted by Gasteiger charge is -2.21. The van der Waals surface area contributed by atoms with Gasteiger partial charge >= 0.3 is 5.63 Å². The topological polar surface area (TPSA) is 73.6 Å². The van der Waals surface area contributed by atoms with E-state index in [4.69, 9.17) is 9.15 Å². The molecule has 0 spiro atoms. The fourth-order valence-electron chi connectivity index (χ4n) is 4.69. The van der Waals surface area contributed by atoms with Gasteiger partial charge in [0.1, 0.15) is 17.9 Å². The molecule has 6 rings (SSSR count). The average molecular weight is 408 g/mol. The van der Waals surface area contributed by atoms with Crippen LogP contribution in [0.2, 0.25) is 0 Å². The molecule has 0 saturated carbocycles. The molecule has 0 bridgehead atoms. The Labute approximate surface area is 176 Å². The molecular formula is C26H16O5. The minimum atomic E-state index is -0.411. The van der Waals surface area contributed by atoms with Crippen molar-refractivity contribution in [2.24, 2.45) is 0 Å². The van der Waals surface area contributed by atoms with Gasteiger partial charge in [-0.2, -0.15) is 0 Å². The number of rotatable bonds is 0. The third kappa shape index (κ3) is 2.46. The predicted octanol–water partition coefficient (Wildman–Crippen LogP) is 4.36. The van der Waals surface area contributed by atoms with E-state index in [0.717, 1.165) is 22.1 Å². The Hall–Kier alpha value is -3.99. The van der Waals surface area contributed by atoms with Crippen molar-refractivity contribution in [2.45, 2.75) is 20.0 Å². The smallest absolute Gasteiger partial charge is 0.336 e. The molecule has 3 aromatic carbocycles. The van der Waals surface area contributed by atoms with Crippen LogP contribution in [0, 0.1) is 6.92 Å². The van der Waals surface area contributed by atoms with Crippen LogP contribution in [-0.2, 0) is 13.0 Å². The van der Waals surface area contributed by atoms with Crippen LogP contribution in [0.15, 0.2) is 63.8 Å². The largest absolute Gasteiger partial charge is 0.488 e. The molecule has 0 unspecified atom stereocenters. The molecule has 1 aliphatic carbocycles. The minimum Gasteiger partial charge on any atom is -0.488 e. The molecule has 4 aromatic rings. The number of ketones is 2. The normalized spacial score (nSPS) is 14.2. The van der Waals surface area contributed by atoms with Crippen molar-refractivity contribution in [1.82, 2.24) is 0 Å². The number of benzene rings is 3. The van der Waals surface area contributed by atoms with E-state index >= 15 is 0 Å². The Kier molecular flexibility index (Phi) is 3.60. The lowest BCUT2D eigenvalue weighted by Crippen LogP contribution is -2.23. The first-order valence-corrected chi connectivity index (χ1v) is 10.1. The molecule has 2 heterocycles. The summed E-state index contributed by atoms with van der Waals surface area (Å²) in [5.74, 6) is 0.298. The molecule has 1 aliphatic heterocycles. The Morgan fingerprint density at radius 2 is 1.58 bits per heavy atom. The standard InChI is InChI=1S/C26H16O5/c1-13-10-22(27)31-26-15(13)8-9-21-19(26)11-14-6-7-18-23(20(14)12-30-21)25(29)17-5-3-2-4-16(17)24(18)28/h2-10H,11-12H2,1H3. The van der Waals surface area contributed by atoms with Crippen molar-refractivity contribution >= 4 is 22.5 Å². The highest BCUT2D eigenvalue weighted by atomic mass is 16.5. The van der Waals surface area contributed by atoms with Crippen LogP contribution in [0.25, 0.3) is 11.0 Å². The monoisotopic (exact) mass is 408 g/mol. The van der Waals surface area contributed by atoms with Crippen LogP contribution in [0.5, 0.6) is 5.75 Å². The second-order valence-corrected chi connectivity index (χ2v) is 7.96. The van der Waals surface area contributed by atoms with Crippen molar-refractivity contribution in [3.63, 3.8) is 0 Å². The van der Waals surface area contributed by atoms with Gasteiger partial charge in [-0.3, -0.25) is 9.59 Å². The summed E-state index contributed by atoms with van der Waals surface area (Å²) in [6, 6.07) is 15.7. The van der Waals surface area contributed by atoms with E-state index < -0.39 is 5.63 Å². The maximum absolute atomic E-state index is 13.3. The highest BCUT2D eigenvalue weighted by molar-refractivity contribution is 6.29. The summed E-state index contributed by atoms with van der Waals surface area (Å²) in [6.07, 6.45) is 0.435. The lowest BCUT2D eigenvalue weighted by molar-refractivity contribution is 0.0977. The highest BCUT2D eigenvalue weighted by Gasteiger charge is 2.33. The van der Waals surface area contributed by atoms with Crippen LogP contribution in [0.4, 0.5) is 0 Å². The number of aryl methyl sites for hydroxylation is 1. The van der Waals surface area contributed by atoms with Crippen molar-refractivity contribution in [2.75, 3.05) is 0 Å². The number of carbonyl (C=O) groups excluding carboxylic acids is 2. The van der Waals surface area contributed by atoms with Crippen molar-refractivity contribution in [3.05, 3.63) is 110 Å². The predicted molar refractivity (Wildman–Crippen MR) is 114 cm³/mol. The molecular weight excluding hydrogens is 392 g/mol. The molecule has 0 N–H and O–H groups in total. The lowest BCUT2D eigenvalue weighted by atomic mass is 9.80. The molecule has 0 radical (unpaired) electrons. The van der Waals surface area contributed by atoms with E-state index in [1.807, 2.05) is 25.1 Å². The maximum Gasteiger partial charge on any atom is 0.336 e. The zero-order valence-electron chi connectivity index (χ0n) is 16.7. The maximum atomic E-state index is 13.3. The van der Waals surface area contributed by atoms with Gasteiger partial charge in [0, 0.05) is 51.3 Å². The first-order chi connectivity index (χ1) is 15.0. The Balaban J connectivity index is 1.57. The van der Waals surface area contributed by atoms with Crippen LogP contribution >= 0.6 is 0 Å². The van der Waals surface area contributed by atoms with E-state index in [9.17, 15) is 14.4 Å². The van der Waals surface area contributed by atoms with Gasteiger partial charge < -0.3 is 9.15 Å². The molecule has 0 fully saturated rings. The van der Waals surface area contributed by atoms with E-state index in [0.29, 0.717) is 45.6 Å². The minimum absolute atomic E-state index is 0.151. The molecule has 31 heavy (non-hydrogen) atoms. The number of hydrogen-bond donors (Lipinski definition) is 0. The van der Waals surface area contributed by atoms with Gasteiger partial charge in [-0.1, -0.05) is 30.3 Å². The molecule has 0 amide bonds. The third-order valence-electron chi connectivity index (χ3n) is 6.22. The zero-order valence-corrected chi connectivity index (χ0v) is 16.7. The quantitative estimate of drug-likeness (QED) is 0.356. The van der Waals surface area contributed by atoms with E-state index in [1.165, 1.54) is 6.07 Å². The van der Waals surface area contributed by atoms with Crippen LogP contribution < -0.4 is 10.4 Å². The summed E-state index contributed by atoms with van der Waals surface area (Å²) >= 11 is 0. The number of carbonyl (C=O) groups is 2. The van der Waals surface area contributed by atoms with Gasteiger partial charge in [-0.25, -0.2) is 4.79 Å². The molecule has 150 valence electrons. The zero-order chi connectivity index (χ0) is 21.3. The molecule has 0 saturated heterocycles. The van der Waals surface area contributed by atoms with Gasteiger partial charge in [0.2, 0.25) is 0 Å². The molecule has 5 heteroatoms. The first kappa shape index (κ1) is 17.8. The van der Waals surface area contributed by atoms with Gasteiger partial charge in [0.15, 0.2) is 11.6 Å². The Morgan fingerprint density at radius 1 is 0.806 bits per heavy atom. The molecule has 5 nitrogen and oxygen atoms in total. The summed E-state index contributed by atoms with van der Waals surface area (Å²) in [7, 11) is 0. The number of ether oxygens (including phenoxy) is 1. The molecule has 1 aromatic heterocycles. The molecule has 0 atom stereocenters. The second-order valence-electron chi connectivity index (χ2n) is 7.96. The van der Waals surface area contributed by atoms with E-state index in [1.54, 1.807) is 30.3 Å². The summed E-state index contributed by atoms with van der Waals surface area (Å²) in [6.45, 7) is 2.03. The van der Waals surface area contributed by atoms with E-state index in [-0.39, 0.29) is 18.2 Å². The summed E-state index contributed by atoms with van der Waals surface area (Å²) in [4.78, 5) is 38.4. The van der Waals surface area contributed by atoms with Gasteiger partial charge in [-0.05, 0) is 36.2 Å². The van der Waals surface area contributed by atoms with Crippen molar-refractivity contribution in [3.8, 4) is 5.75 Å². The van der Waals surface area contributed by atoms with Gasteiger partial charge in [0.25, 0.3) is 0 Å². The van der Waals surface area contributed by atoms with Crippen LogP contribution in [0.3, 0.4) is 0 Å². The summed E-state index contributed by atoms with van der Waals surface area (Å²) < 4.78 is 11.6. The summed E-state index contributed by atoms with van der Waals surface area (Å²) in [5, 5.41) is 0.851. The van der Waals surface area contributed by atoms with Gasteiger partial charge in [0.05, 0.1) is 0 Å². The van der Waals surface area contributed by atoms with Crippen LogP contribution in [0.1, 0.15) is 54.1 Å².